The molecule has 0 spiro atoms. The molecule has 100 valence electrons. The molecule has 2 rings (SSSR count). The Morgan fingerprint density at radius 2 is 2.32 bits per heavy atom. The van der Waals surface area contributed by atoms with E-state index in [1.54, 1.807) is 0 Å². The Kier molecular flexibility index (Phi) is 3.74. The summed E-state index contributed by atoms with van der Waals surface area (Å²) in [6.07, 6.45) is 0.0645. The van der Waals surface area contributed by atoms with E-state index >= 15 is 0 Å². The van der Waals surface area contributed by atoms with Crippen LogP contribution in [0.2, 0.25) is 0 Å². The number of nitrogens with zero attached hydrogens (tertiary/aromatic N) is 2. The third-order valence-electron chi connectivity index (χ3n) is 2.43. The first kappa shape index (κ1) is 13.0. The van der Waals surface area contributed by atoms with Crippen LogP contribution in [-0.2, 0) is 11.2 Å². The molecule has 0 aliphatic carbocycles. The number of rotatable bonds is 5. The number of ether oxygens (including phenoxy) is 1. The zero-order valence-corrected chi connectivity index (χ0v) is 10.1. The van der Waals surface area contributed by atoms with Gasteiger partial charge in [0.25, 0.3) is 0 Å². The lowest BCUT2D eigenvalue weighted by Crippen LogP contribution is -1.97. The summed E-state index contributed by atoms with van der Waals surface area (Å²) in [5, 5.41) is 12.3. The van der Waals surface area contributed by atoms with Crippen LogP contribution in [0.25, 0.3) is 11.4 Å². The second-order valence-corrected chi connectivity index (χ2v) is 3.75. The molecule has 0 bridgehead atoms. The molecule has 7 heteroatoms. The van der Waals surface area contributed by atoms with Gasteiger partial charge in [-0.05, 0) is 18.2 Å². The fraction of sp³-hybridized carbons (Fsp3) is 0.250. The van der Waals surface area contributed by atoms with E-state index < -0.39 is 11.8 Å². The van der Waals surface area contributed by atoms with Gasteiger partial charge in [0.05, 0.1) is 13.5 Å². The van der Waals surface area contributed by atoms with Crippen LogP contribution in [0.1, 0.15) is 12.3 Å². The highest BCUT2D eigenvalue weighted by Crippen LogP contribution is 2.24. The van der Waals surface area contributed by atoms with Crippen LogP contribution < -0.4 is 4.74 Å². The summed E-state index contributed by atoms with van der Waals surface area (Å²) in [5.41, 5.74) is 0.531. The summed E-state index contributed by atoms with van der Waals surface area (Å²) in [5.74, 6) is -0.863. The molecule has 1 aromatic heterocycles. The van der Waals surface area contributed by atoms with Gasteiger partial charge in [0.15, 0.2) is 11.6 Å². The Morgan fingerprint density at radius 1 is 1.53 bits per heavy atom. The van der Waals surface area contributed by atoms with E-state index in [1.807, 2.05) is 0 Å². The molecule has 0 amide bonds. The number of aromatic nitrogens is 2. The smallest absolute Gasteiger partial charge is 0.303 e. The van der Waals surface area contributed by atoms with Crippen molar-refractivity contribution >= 4 is 5.97 Å². The van der Waals surface area contributed by atoms with Gasteiger partial charge in [-0.2, -0.15) is 4.98 Å². The monoisotopic (exact) mass is 266 g/mol. The van der Waals surface area contributed by atoms with Crippen molar-refractivity contribution < 1.29 is 23.6 Å². The molecule has 0 aliphatic rings. The zero-order chi connectivity index (χ0) is 13.8. The Labute approximate surface area is 107 Å². The standard InChI is InChI=1S/C12H11FN2O4/c1-18-9-6-7(2-3-8(9)13)12-14-10(19-15-12)4-5-11(16)17/h2-3,6H,4-5H2,1H3,(H,16,17). The maximum absolute atomic E-state index is 13.2. The summed E-state index contributed by atoms with van der Waals surface area (Å²) < 4.78 is 23.0. The van der Waals surface area contributed by atoms with Crippen molar-refractivity contribution in [1.29, 1.82) is 0 Å². The van der Waals surface area contributed by atoms with Gasteiger partial charge in [0, 0.05) is 12.0 Å². The Hall–Kier alpha value is -2.44. The van der Waals surface area contributed by atoms with Crippen LogP contribution in [-0.4, -0.2) is 28.3 Å². The Morgan fingerprint density at radius 3 is 3.00 bits per heavy atom. The van der Waals surface area contributed by atoms with Gasteiger partial charge in [-0.15, -0.1) is 0 Å². The summed E-state index contributed by atoms with van der Waals surface area (Å²) >= 11 is 0. The topological polar surface area (TPSA) is 85.5 Å². The van der Waals surface area contributed by atoms with Crippen molar-refractivity contribution in [2.45, 2.75) is 12.8 Å². The lowest BCUT2D eigenvalue weighted by atomic mass is 10.2. The highest BCUT2D eigenvalue weighted by molar-refractivity contribution is 5.66. The first-order chi connectivity index (χ1) is 9.10. The van der Waals surface area contributed by atoms with E-state index in [4.69, 9.17) is 14.4 Å². The number of hydrogen-bond acceptors (Lipinski definition) is 5. The van der Waals surface area contributed by atoms with Crippen molar-refractivity contribution in [2.75, 3.05) is 7.11 Å². The van der Waals surface area contributed by atoms with Gasteiger partial charge in [-0.25, -0.2) is 4.39 Å². The molecule has 1 N–H and O–H groups in total. The van der Waals surface area contributed by atoms with Crippen LogP contribution in [0.15, 0.2) is 22.7 Å². The van der Waals surface area contributed by atoms with Crippen LogP contribution in [0, 0.1) is 5.82 Å². The van der Waals surface area contributed by atoms with Gasteiger partial charge < -0.3 is 14.4 Å². The predicted octanol–water partition coefficient (Wildman–Crippen LogP) is 1.90. The van der Waals surface area contributed by atoms with Crippen LogP contribution in [0.4, 0.5) is 4.39 Å². The van der Waals surface area contributed by atoms with Gasteiger partial charge in [-0.3, -0.25) is 4.79 Å². The minimum atomic E-state index is -0.941. The number of benzene rings is 1. The number of aliphatic carboxylic acids is 1. The number of carboxylic acids is 1. The highest BCUT2D eigenvalue weighted by atomic mass is 19.1. The minimum Gasteiger partial charge on any atom is -0.494 e. The lowest BCUT2D eigenvalue weighted by molar-refractivity contribution is -0.137. The van der Waals surface area contributed by atoms with Gasteiger partial charge in [0.1, 0.15) is 0 Å². The average Bonchev–Trinajstić information content (AvgIpc) is 2.86. The number of halogens is 1. The molecule has 1 heterocycles. The summed E-state index contributed by atoms with van der Waals surface area (Å²) in [7, 11) is 1.36. The van der Waals surface area contributed by atoms with Crippen LogP contribution in [0.5, 0.6) is 5.75 Å². The minimum absolute atomic E-state index is 0.0781. The van der Waals surface area contributed by atoms with E-state index in [2.05, 4.69) is 10.1 Å². The molecule has 6 nitrogen and oxygen atoms in total. The number of methoxy groups -OCH3 is 1. The summed E-state index contributed by atoms with van der Waals surface area (Å²) in [4.78, 5) is 14.5. The molecule has 19 heavy (non-hydrogen) atoms. The number of hydrogen-bond donors (Lipinski definition) is 1. The quantitative estimate of drug-likeness (QED) is 0.889. The SMILES string of the molecule is COc1cc(-c2noc(CCC(=O)O)n2)ccc1F. The molecule has 0 aliphatic heterocycles. The zero-order valence-electron chi connectivity index (χ0n) is 10.1. The Balaban J connectivity index is 2.20. The van der Waals surface area contributed by atoms with Crippen molar-refractivity contribution in [3.05, 3.63) is 29.9 Å². The van der Waals surface area contributed by atoms with E-state index in [1.165, 1.54) is 25.3 Å². The van der Waals surface area contributed by atoms with Crippen molar-refractivity contribution in [2.24, 2.45) is 0 Å². The van der Waals surface area contributed by atoms with Gasteiger partial charge in [0.2, 0.25) is 11.7 Å². The molecule has 0 saturated heterocycles. The first-order valence-corrected chi connectivity index (χ1v) is 5.48. The largest absolute Gasteiger partial charge is 0.494 e. The fourth-order valence-corrected chi connectivity index (χ4v) is 1.49. The second kappa shape index (κ2) is 5.47. The van der Waals surface area contributed by atoms with Crippen LogP contribution in [0.3, 0.4) is 0 Å². The van der Waals surface area contributed by atoms with E-state index in [-0.39, 0.29) is 30.3 Å². The van der Waals surface area contributed by atoms with Gasteiger partial charge in [-0.1, -0.05) is 5.16 Å². The molecule has 2 aromatic rings. The van der Waals surface area contributed by atoms with Gasteiger partial charge >= 0.3 is 5.97 Å². The third-order valence-corrected chi connectivity index (χ3v) is 2.43. The fourth-order valence-electron chi connectivity index (χ4n) is 1.49. The molecule has 0 radical (unpaired) electrons. The second-order valence-electron chi connectivity index (χ2n) is 3.75. The summed E-state index contributed by atoms with van der Waals surface area (Å²) in [6.45, 7) is 0. The van der Waals surface area contributed by atoms with E-state index in [0.717, 1.165) is 0 Å². The predicted molar refractivity (Wildman–Crippen MR) is 62.2 cm³/mol. The van der Waals surface area contributed by atoms with Crippen molar-refractivity contribution in [3.63, 3.8) is 0 Å². The highest BCUT2D eigenvalue weighted by Gasteiger charge is 2.12. The van der Waals surface area contributed by atoms with Crippen molar-refractivity contribution in [3.8, 4) is 17.1 Å². The third kappa shape index (κ3) is 3.06. The normalized spacial score (nSPS) is 10.4. The molecule has 0 atom stereocenters. The lowest BCUT2D eigenvalue weighted by Gasteiger charge is -2.02. The first-order valence-electron chi connectivity index (χ1n) is 5.48. The number of carboxylic acid groups (broad SMARTS) is 1. The molecular weight excluding hydrogens is 255 g/mol. The van der Waals surface area contributed by atoms with E-state index in [9.17, 15) is 9.18 Å². The molecular formula is C12H11FN2O4. The molecule has 1 aromatic carbocycles. The Bertz CT molecular complexity index is 597. The summed E-state index contributed by atoms with van der Waals surface area (Å²) in [6, 6.07) is 4.17. The maximum atomic E-state index is 13.2. The van der Waals surface area contributed by atoms with Crippen molar-refractivity contribution in [1.82, 2.24) is 10.1 Å². The molecule has 0 fully saturated rings. The van der Waals surface area contributed by atoms with E-state index in [0.29, 0.717) is 5.56 Å². The average molecular weight is 266 g/mol. The number of aryl methyl sites for hydroxylation is 1. The molecule has 0 unspecified atom stereocenters. The molecule has 0 saturated carbocycles. The maximum Gasteiger partial charge on any atom is 0.303 e. The number of carbonyl (C=O) groups is 1. The van der Waals surface area contributed by atoms with Crippen LogP contribution >= 0.6 is 0 Å².